The van der Waals surface area contributed by atoms with E-state index in [1.165, 1.54) is 5.56 Å². The topological polar surface area (TPSA) is 34.1 Å². The third-order valence-electron chi connectivity index (χ3n) is 2.45. The van der Waals surface area contributed by atoms with Crippen LogP contribution >= 0.6 is 0 Å². The first-order chi connectivity index (χ1) is 7.58. The number of rotatable bonds is 7. The molecule has 0 saturated carbocycles. The predicted molar refractivity (Wildman–Crippen MR) is 63.5 cm³/mol. The molecular formula is C12H17FO2S. The van der Waals surface area contributed by atoms with Crippen LogP contribution < -0.4 is 0 Å². The first kappa shape index (κ1) is 13.2. The van der Waals surface area contributed by atoms with E-state index in [9.17, 15) is 12.3 Å². The fourth-order valence-corrected chi connectivity index (χ4v) is 2.15. The number of hydrogen-bond acceptors (Lipinski definition) is 2. The summed E-state index contributed by atoms with van der Waals surface area (Å²) in [5.41, 5.74) is 1.29. The molecule has 0 aliphatic heterocycles. The summed E-state index contributed by atoms with van der Waals surface area (Å²) in [5.74, 6) is -0.335. The van der Waals surface area contributed by atoms with Gasteiger partial charge >= 0.3 is 10.2 Å². The van der Waals surface area contributed by atoms with Crippen molar-refractivity contribution in [2.24, 2.45) is 0 Å². The zero-order valence-electron chi connectivity index (χ0n) is 9.23. The lowest BCUT2D eigenvalue weighted by Crippen LogP contribution is -1.98. The van der Waals surface area contributed by atoms with E-state index in [0.29, 0.717) is 6.42 Å². The zero-order valence-corrected chi connectivity index (χ0v) is 10.0. The minimum Gasteiger partial charge on any atom is -0.195 e. The van der Waals surface area contributed by atoms with Crippen LogP contribution in [0.1, 0.15) is 31.2 Å². The number of hydrogen-bond donors (Lipinski definition) is 0. The summed E-state index contributed by atoms with van der Waals surface area (Å²) in [5, 5.41) is 0. The molecule has 0 atom stereocenters. The summed E-state index contributed by atoms with van der Waals surface area (Å²) in [6, 6.07) is 10.1. The zero-order chi connectivity index (χ0) is 11.9. The minimum absolute atomic E-state index is 0.335. The normalized spacial score (nSPS) is 11.6. The van der Waals surface area contributed by atoms with Crippen molar-refractivity contribution in [3.8, 4) is 0 Å². The molecule has 90 valence electrons. The third kappa shape index (κ3) is 6.56. The van der Waals surface area contributed by atoms with E-state index in [-0.39, 0.29) is 5.75 Å². The van der Waals surface area contributed by atoms with Crippen LogP contribution in [0.5, 0.6) is 0 Å². The highest BCUT2D eigenvalue weighted by atomic mass is 32.3. The first-order valence-corrected chi connectivity index (χ1v) is 7.09. The average molecular weight is 244 g/mol. The lowest BCUT2D eigenvalue weighted by Gasteiger charge is -2.00. The van der Waals surface area contributed by atoms with Crippen LogP contribution in [0.4, 0.5) is 3.89 Å². The molecule has 0 N–H and O–H groups in total. The van der Waals surface area contributed by atoms with Crippen LogP contribution in [-0.4, -0.2) is 14.2 Å². The summed E-state index contributed by atoms with van der Waals surface area (Å²) in [7, 11) is -4.26. The van der Waals surface area contributed by atoms with Crippen molar-refractivity contribution in [1.82, 2.24) is 0 Å². The lowest BCUT2D eigenvalue weighted by atomic mass is 10.1. The summed E-state index contributed by atoms with van der Waals surface area (Å²) < 4.78 is 32.6. The van der Waals surface area contributed by atoms with Gasteiger partial charge in [0.05, 0.1) is 5.75 Å². The molecule has 0 aromatic heterocycles. The SMILES string of the molecule is O=S(=O)(F)CCCCCCc1ccccc1. The fourth-order valence-electron chi connectivity index (χ4n) is 1.60. The second-order valence-electron chi connectivity index (χ2n) is 3.89. The smallest absolute Gasteiger partial charge is 0.195 e. The second kappa shape index (κ2) is 6.63. The van der Waals surface area contributed by atoms with Crippen LogP contribution in [0, 0.1) is 0 Å². The number of unbranched alkanes of at least 4 members (excludes halogenated alkanes) is 3. The Morgan fingerprint density at radius 2 is 1.56 bits per heavy atom. The molecule has 1 aromatic rings. The van der Waals surface area contributed by atoms with Gasteiger partial charge in [0.2, 0.25) is 0 Å². The molecular weight excluding hydrogens is 227 g/mol. The molecule has 0 heterocycles. The minimum atomic E-state index is -4.26. The molecule has 0 unspecified atom stereocenters. The Kier molecular flexibility index (Phi) is 5.46. The Morgan fingerprint density at radius 1 is 0.938 bits per heavy atom. The molecule has 16 heavy (non-hydrogen) atoms. The van der Waals surface area contributed by atoms with E-state index in [2.05, 4.69) is 12.1 Å². The fraction of sp³-hybridized carbons (Fsp3) is 0.500. The summed E-state index contributed by atoms with van der Waals surface area (Å²) >= 11 is 0. The van der Waals surface area contributed by atoms with Gasteiger partial charge in [0.25, 0.3) is 0 Å². The highest BCUT2D eigenvalue weighted by Gasteiger charge is 2.05. The molecule has 1 aromatic carbocycles. The van der Waals surface area contributed by atoms with E-state index in [1.807, 2.05) is 18.2 Å². The Hall–Kier alpha value is -0.900. The van der Waals surface area contributed by atoms with Gasteiger partial charge in [-0.05, 0) is 24.8 Å². The standard InChI is InChI=1S/C12H17FO2S/c13-16(14,15)11-7-2-1-4-8-12-9-5-3-6-10-12/h3,5-6,9-10H,1-2,4,7-8,11H2. The largest absolute Gasteiger partial charge is 0.302 e. The molecule has 0 aliphatic carbocycles. The van der Waals surface area contributed by atoms with E-state index in [4.69, 9.17) is 0 Å². The van der Waals surface area contributed by atoms with Gasteiger partial charge in [-0.2, -0.15) is 8.42 Å². The number of aryl methyl sites for hydroxylation is 1. The highest BCUT2D eigenvalue weighted by molar-refractivity contribution is 7.86. The molecule has 0 spiro atoms. The predicted octanol–water partition coefficient (Wildman–Crippen LogP) is 3.09. The molecule has 4 heteroatoms. The average Bonchev–Trinajstić information content (AvgIpc) is 2.23. The highest BCUT2D eigenvalue weighted by Crippen LogP contribution is 2.08. The molecule has 0 amide bonds. The van der Waals surface area contributed by atoms with Crippen molar-refractivity contribution in [1.29, 1.82) is 0 Å². The Labute approximate surface area is 96.7 Å². The van der Waals surface area contributed by atoms with Gasteiger partial charge in [-0.15, -0.1) is 3.89 Å². The maximum atomic E-state index is 12.1. The third-order valence-corrected chi connectivity index (χ3v) is 3.22. The van der Waals surface area contributed by atoms with Crippen LogP contribution in [0.2, 0.25) is 0 Å². The summed E-state index contributed by atoms with van der Waals surface area (Å²) in [6.07, 6.45) is 4.17. The van der Waals surface area contributed by atoms with Crippen LogP contribution in [0.15, 0.2) is 30.3 Å². The summed E-state index contributed by atoms with van der Waals surface area (Å²) in [6.45, 7) is 0. The van der Waals surface area contributed by atoms with Crippen molar-refractivity contribution in [3.05, 3.63) is 35.9 Å². The molecule has 2 nitrogen and oxygen atoms in total. The van der Waals surface area contributed by atoms with E-state index in [1.54, 1.807) is 0 Å². The van der Waals surface area contributed by atoms with Gasteiger partial charge < -0.3 is 0 Å². The molecule has 0 radical (unpaired) electrons. The van der Waals surface area contributed by atoms with Crippen LogP contribution in [0.3, 0.4) is 0 Å². The lowest BCUT2D eigenvalue weighted by molar-refractivity contribution is 0.545. The van der Waals surface area contributed by atoms with Gasteiger partial charge in [-0.3, -0.25) is 0 Å². The first-order valence-electron chi connectivity index (χ1n) is 5.54. The van der Waals surface area contributed by atoms with E-state index >= 15 is 0 Å². The number of halogens is 1. The van der Waals surface area contributed by atoms with Gasteiger partial charge in [-0.25, -0.2) is 0 Å². The van der Waals surface area contributed by atoms with Crippen molar-refractivity contribution in [2.45, 2.75) is 32.1 Å². The Balaban J connectivity index is 2.05. The molecule has 0 bridgehead atoms. The van der Waals surface area contributed by atoms with Crippen LogP contribution in [-0.2, 0) is 16.6 Å². The van der Waals surface area contributed by atoms with Crippen molar-refractivity contribution >= 4 is 10.2 Å². The maximum absolute atomic E-state index is 12.1. The monoisotopic (exact) mass is 244 g/mol. The Morgan fingerprint density at radius 3 is 2.19 bits per heavy atom. The van der Waals surface area contributed by atoms with E-state index in [0.717, 1.165) is 25.7 Å². The van der Waals surface area contributed by atoms with Crippen molar-refractivity contribution in [2.75, 3.05) is 5.75 Å². The molecule has 1 rings (SSSR count). The summed E-state index contributed by atoms with van der Waals surface area (Å²) in [4.78, 5) is 0. The van der Waals surface area contributed by atoms with E-state index < -0.39 is 10.2 Å². The van der Waals surface area contributed by atoms with Gasteiger partial charge in [-0.1, -0.05) is 43.2 Å². The van der Waals surface area contributed by atoms with Crippen molar-refractivity contribution in [3.63, 3.8) is 0 Å². The molecule has 0 fully saturated rings. The van der Waals surface area contributed by atoms with Crippen LogP contribution in [0.25, 0.3) is 0 Å². The molecule has 0 aliphatic rings. The van der Waals surface area contributed by atoms with Crippen molar-refractivity contribution < 1.29 is 12.3 Å². The molecule has 0 saturated heterocycles. The van der Waals surface area contributed by atoms with Gasteiger partial charge in [0, 0.05) is 0 Å². The van der Waals surface area contributed by atoms with Gasteiger partial charge in [0.1, 0.15) is 0 Å². The van der Waals surface area contributed by atoms with Gasteiger partial charge in [0.15, 0.2) is 0 Å². The Bertz CT molecular complexity index is 387. The second-order valence-corrected chi connectivity index (χ2v) is 5.38. The maximum Gasteiger partial charge on any atom is 0.302 e. The number of benzene rings is 1. The quantitative estimate of drug-likeness (QED) is 0.545.